The maximum atomic E-state index is 5.51. The molecular weight excluding hydrogens is 264 g/mol. The van der Waals surface area contributed by atoms with Gasteiger partial charge < -0.3 is 15.2 Å². The number of hydrazone groups is 1. The van der Waals surface area contributed by atoms with E-state index in [1.807, 2.05) is 12.1 Å². The number of nitrogens with one attached hydrogen (secondary N) is 1. The van der Waals surface area contributed by atoms with E-state index in [4.69, 9.17) is 15.2 Å². The van der Waals surface area contributed by atoms with Gasteiger partial charge in [0.1, 0.15) is 17.3 Å². The summed E-state index contributed by atoms with van der Waals surface area (Å²) in [5, 5.41) is 6.47. The van der Waals surface area contributed by atoms with Gasteiger partial charge in [-0.2, -0.15) is 5.10 Å². The molecule has 0 aliphatic heterocycles. The second-order valence-electron chi connectivity index (χ2n) is 3.56. The van der Waals surface area contributed by atoms with E-state index in [9.17, 15) is 0 Å². The summed E-state index contributed by atoms with van der Waals surface area (Å²) >= 11 is 1.39. The van der Waals surface area contributed by atoms with Crippen molar-refractivity contribution in [2.75, 3.05) is 25.4 Å². The molecule has 0 fully saturated rings. The molecule has 3 N–H and O–H groups in total. The van der Waals surface area contributed by atoms with Crippen molar-refractivity contribution in [1.82, 2.24) is 4.98 Å². The zero-order valence-corrected chi connectivity index (χ0v) is 11.4. The number of anilines is 2. The monoisotopic (exact) mass is 278 g/mol. The Kier molecular flexibility index (Phi) is 4.19. The average molecular weight is 278 g/mol. The van der Waals surface area contributed by atoms with Crippen LogP contribution in [0.1, 0.15) is 5.56 Å². The van der Waals surface area contributed by atoms with Crippen molar-refractivity contribution in [2.24, 2.45) is 5.10 Å². The van der Waals surface area contributed by atoms with E-state index in [0.29, 0.717) is 16.7 Å². The van der Waals surface area contributed by atoms with Crippen molar-refractivity contribution in [3.05, 3.63) is 29.1 Å². The van der Waals surface area contributed by atoms with E-state index < -0.39 is 0 Å². The maximum absolute atomic E-state index is 5.51. The van der Waals surface area contributed by atoms with Crippen molar-refractivity contribution in [3.63, 3.8) is 0 Å². The minimum atomic E-state index is 0.477. The molecule has 1 aromatic heterocycles. The fraction of sp³-hybridized carbons (Fsp3) is 0.167. The Bertz CT molecular complexity index is 583. The van der Waals surface area contributed by atoms with Gasteiger partial charge in [0.05, 0.1) is 20.4 Å². The number of thiazole rings is 1. The van der Waals surface area contributed by atoms with Crippen LogP contribution in [0.5, 0.6) is 11.5 Å². The SMILES string of the molecule is COc1ccc(C=NNc2nc(N)cs2)c(OC)c1. The Balaban J connectivity index is 2.09. The van der Waals surface area contributed by atoms with Crippen LogP contribution in [0.3, 0.4) is 0 Å². The first-order valence-corrected chi connectivity index (χ1v) is 6.33. The molecule has 0 amide bonds. The first kappa shape index (κ1) is 13.2. The Morgan fingerprint density at radius 3 is 2.84 bits per heavy atom. The van der Waals surface area contributed by atoms with Gasteiger partial charge in [-0.25, -0.2) is 4.98 Å². The molecule has 0 radical (unpaired) electrons. The van der Waals surface area contributed by atoms with Crippen LogP contribution in [0.2, 0.25) is 0 Å². The zero-order valence-electron chi connectivity index (χ0n) is 10.6. The fourth-order valence-corrected chi connectivity index (χ4v) is 1.97. The summed E-state index contributed by atoms with van der Waals surface area (Å²) in [6.45, 7) is 0. The van der Waals surface area contributed by atoms with E-state index in [0.717, 1.165) is 11.3 Å². The Labute approximate surface area is 114 Å². The highest BCUT2D eigenvalue weighted by Crippen LogP contribution is 2.23. The van der Waals surface area contributed by atoms with Gasteiger partial charge in [-0.15, -0.1) is 11.3 Å². The smallest absolute Gasteiger partial charge is 0.205 e. The van der Waals surface area contributed by atoms with Crippen LogP contribution in [0, 0.1) is 0 Å². The van der Waals surface area contributed by atoms with Gasteiger partial charge in [0.15, 0.2) is 0 Å². The first-order valence-electron chi connectivity index (χ1n) is 5.45. The molecule has 2 aromatic rings. The highest BCUT2D eigenvalue weighted by molar-refractivity contribution is 7.14. The Hall–Kier alpha value is -2.28. The number of aromatic nitrogens is 1. The molecule has 7 heteroatoms. The second kappa shape index (κ2) is 6.05. The van der Waals surface area contributed by atoms with Crippen LogP contribution in [-0.4, -0.2) is 25.4 Å². The molecule has 2 rings (SSSR count). The van der Waals surface area contributed by atoms with Crippen LogP contribution in [0.15, 0.2) is 28.7 Å². The number of nitrogens with zero attached hydrogens (tertiary/aromatic N) is 2. The number of nitrogen functional groups attached to an aromatic ring is 1. The van der Waals surface area contributed by atoms with Crippen molar-refractivity contribution >= 4 is 28.5 Å². The van der Waals surface area contributed by atoms with Gasteiger partial charge in [0.2, 0.25) is 5.13 Å². The third-order valence-electron chi connectivity index (χ3n) is 2.33. The standard InChI is InChI=1S/C12H14N4O2S/c1-17-9-4-3-8(10(5-9)18-2)6-14-16-12-15-11(13)7-19-12/h3-7H,13H2,1-2H3,(H,15,16). The number of nitrogens with two attached hydrogens (primary N) is 1. The van der Waals surface area contributed by atoms with Crippen LogP contribution in [-0.2, 0) is 0 Å². The lowest BCUT2D eigenvalue weighted by Gasteiger charge is -2.06. The molecule has 1 aromatic carbocycles. The number of rotatable bonds is 5. The molecule has 6 nitrogen and oxygen atoms in total. The molecule has 0 saturated carbocycles. The number of ether oxygens (including phenoxy) is 2. The van der Waals surface area contributed by atoms with Crippen LogP contribution >= 0.6 is 11.3 Å². The average Bonchev–Trinajstić information content (AvgIpc) is 2.84. The summed E-state index contributed by atoms with van der Waals surface area (Å²) in [6, 6.07) is 5.49. The molecule has 100 valence electrons. The van der Waals surface area contributed by atoms with Crippen LogP contribution < -0.4 is 20.6 Å². The largest absolute Gasteiger partial charge is 0.497 e. The minimum absolute atomic E-state index is 0.477. The third kappa shape index (κ3) is 3.35. The molecule has 1 heterocycles. The second-order valence-corrected chi connectivity index (χ2v) is 4.41. The van der Waals surface area contributed by atoms with Gasteiger partial charge in [0, 0.05) is 17.0 Å². The first-order chi connectivity index (χ1) is 9.22. The van der Waals surface area contributed by atoms with Gasteiger partial charge in [-0.3, -0.25) is 5.43 Å². The molecule has 0 spiro atoms. The molecule has 19 heavy (non-hydrogen) atoms. The Morgan fingerprint density at radius 1 is 1.37 bits per heavy atom. The van der Waals surface area contributed by atoms with E-state index in [2.05, 4.69) is 15.5 Å². The Morgan fingerprint density at radius 2 is 2.21 bits per heavy atom. The van der Waals surface area contributed by atoms with Crippen LogP contribution in [0.4, 0.5) is 10.9 Å². The van der Waals surface area contributed by atoms with Crippen LogP contribution in [0.25, 0.3) is 0 Å². The van der Waals surface area contributed by atoms with Gasteiger partial charge in [-0.1, -0.05) is 0 Å². The minimum Gasteiger partial charge on any atom is -0.497 e. The van der Waals surface area contributed by atoms with E-state index in [-0.39, 0.29) is 0 Å². The van der Waals surface area contributed by atoms with Crippen molar-refractivity contribution in [1.29, 1.82) is 0 Å². The van der Waals surface area contributed by atoms with Crippen molar-refractivity contribution in [3.8, 4) is 11.5 Å². The number of hydrogen-bond acceptors (Lipinski definition) is 7. The lowest BCUT2D eigenvalue weighted by Crippen LogP contribution is -1.95. The molecule has 0 bridgehead atoms. The lowest BCUT2D eigenvalue weighted by atomic mass is 10.2. The highest BCUT2D eigenvalue weighted by Gasteiger charge is 2.02. The van der Waals surface area contributed by atoms with E-state index in [1.165, 1.54) is 11.3 Å². The summed E-state index contributed by atoms with van der Waals surface area (Å²) in [7, 11) is 3.21. The normalized spacial score (nSPS) is 10.6. The van der Waals surface area contributed by atoms with Crippen molar-refractivity contribution in [2.45, 2.75) is 0 Å². The topological polar surface area (TPSA) is 81.8 Å². The fourth-order valence-electron chi connectivity index (χ4n) is 1.42. The maximum Gasteiger partial charge on any atom is 0.205 e. The molecule has 0 saturated heterocycles. The molecule has 0 aliphatic rings. The summed E-state index contributed by atoms with van der Waals surface area (Å²) in [4.78, 5) is 4.03. The number of hydrogen-bond donors (Lipinski definition) is 2. The predicted octanol–water partition coefficient (Wildman–Crippen LogP) is 2.19. The number of benzene rings is 1. The summed E-state index contributed by atoms with van der Waals surface area (Å²) < 4.78 is 10.4. The van der Waals surface area contributed by atoms with E-state index >= 15 is 0 Å². The molecule has 0 atom stereocenters. The van der Waals surface area contributed by atoms with Gasteiger partial charge in [0.25, 0.3) is 0 Å². The molecule has 0 unspecified atom stereocenters. The quantitative estimate of drug-likeness (QED) is 0.647. The third-order valence-corrected chi connectivity index (χ3v) is 3.09. The summed E-state index contributed by atoms with van der Waals surface area (Å²) in [5.41, 5.74) is 9.15. The van der Waals surface area contributed by atoms with Gasteiger partial charge in [-0.05, 0) is 12.1 Å². The zero-order chi connectivity index (χ0) is 13.7. The van der Waals surface area contributed by atoms with E-state index in [1.54, 1.807) is 31.9 Å². The highest BCUT2D eigenvalue weighted by atomic mass is 32.1. The summed E-state index contributed by atoms with van der Waals surface area (Å²) in [5.74, 6) is 1.89. The lowest BCUT2D eigenvalue weighted by molar-refractivity contribution is 0.394. The van der Waals surface area contributed by atoms with Crippen molar-refractivity contribution < 1.29 is 9.47 Å². The molecular formula is C12H14N4O2S. The number of methoxy groups -OCH3 is 2. The summed E-state index contributed by atoms with van der Waals surface area (Å²) in [6.07, 6.45) is 1.65. The van der Waals surface area contributed by atoms with Gasteiger partial charge >= 0.3 is 0 Å². The predicted molar refractivity (Wildman–Crippen MR) is 77.3 cm³/mol. The molecule has 0 aliphatic carbocycles.